The van der Waals surface area contributed by atoms with Crippen molar-refractivity contribution in [3.05, 3.63) is 29.8 Å². The van der Waals surface area contributed by atoms with Gasteiger partial charge < -0.3 is 20.4 Å². The topological polar surface area (TPSA) is 88.5 Å². The van der Waals surface area contributed by atoms with Crippen molar-refractivity contribution in [2.24, 2.45) is 0 Å². The summed E-state index contributed by atoms with van der Waals surface area (Å²) in [6.07, 6.45) is 2.14. The minimum atomic E-state index is -0.0756. The lowest BCUT2D eigenvalue weighted by molar-refractivity contribution is -0.120. The molecule has 2 aliphatic heterocycles. The Morgan fingerprint density at radius 3 is 2.56 bits per heavy atom. The number of amides is 3. The third-order valence-electron chi connectivity index (χ3n) is 4.78. The van der Waals surface area contributed by atoms with Gasteiger partial charge in [0.1, 0.15) is 0 Å². The number of carbonyl (C=O) groups excluding carboxylic acids is 2. The molecule has 2 aliphatic rings. The molecule has 0 spiro atoms. The molecule has 3 rings (SSSR count). The third-order valence-corrected chi connectivity index (χ3v) is 4.78. The number of hydrogen-bond donors (Lipinski definition) is 2. The average Bonchev–Trinajstić information content (AvgIpc) is 2.87. The fraction of sp³-hybridized carbons (Fsp3) is 0.500. The third kappa shape index (κ3) is 4.41. The molecule has 1 aromatic carbocycles. The van der Waals surface area contributed by atoms with E-state index in [1.807, 2.05) is 24.3 Å². The van der Waals surface area contributed by atoms with Crippen molar-refractivity contribution in [3.8, 4) is 6.07 Å². The Balaban J connectivity index is 1.47. The van der Waals surface area contributed by atoms with Crippen LogP contribution in [0.2, 0.25) is 0 Å². The van der Waals surface area contributed by atoms with Crippen molar-refractivity contribution < 1.29 is 9.59 Å². The van der Waals surface area contributed by atoms with Crippen molar-refractivity contribution >= 4 is 17.6 Å². The Morgan fingerprint density at radius 1 is 1.16 bits per heavy atom. The lowest BCUT2D eigenvalue weighted by Gasteiger charge is -2.35. The van der Waals surface area contributed by atoms with Gasteiger partial charge in [0.05, 0.1) is 11.6 Å². The Labute approximate surface area is 147 Å². The second-order valence-electron chi connectivity index (χ2n) is 6.46. The van der Waals surface area contributed by atoms with Gasteiger partial charge >= 0.3 is 6.03 Å². The van der Waals surface area contributed by atoms with E-state index in [0.717, 1.165) is 31.6 Å². The van der Waals surface area contributed by atoms with Crippen LogP contribution in [0, 0.1) is 11.3 Å². The van der Waals surface area contributed by atoms with Crippen LogP contribution in [-0.2, 0) is 4.79 Å². The number of piperidine rings is 1. The molecule has 0 radical (unpaired) electrons. The standard InChI is InChI=1S/C18H23N5O2/c19-13-14-1-3-16(4-2-14)22-9-5-15(6-10-22)21-18(25)23-11-7-17(24)20-8-12-23/h1-4,15H,5-12H2,(H,20,24)(H,21,25). The zero-order valence-corrected chi connectivity index (χ0v) is 14.2. The van der Waals surface area contributed by atoms with E-state index < -0.39 is 0 Å². The lowest BCUT2D eigenvalue weighted by atomic mass is 10.0. The van der Waals surface area contributed by atoms with E-state index in [1.165, 1.54) is 0 Å². The molecule has 0 atom stereocenters. The number of rotatable bonds is 2. The highest BCUT2D eigenvalue weighted by atomic mass is 16.2. The van der Waals surface area contributed by atoms with Gasteiger partial charge in [-0.1, -0.05) is 0 Å². The average molecular weight is 341 g/mol. The van der Waals surface area contributed by atoms with Crippen molar-refractivity contribution in [1.29, 1.82) is 5.26 Å². The first-order valence-electron chi connectivity index (χ1n) is 8.73. The highest BCUT2D eigenvalue weighted by Crippen LogP contribution is 2.20. The Morgan fingerprint density at radius 2 is 1.88 bits per heavy atom. The fourth-order valence-corrected chi connectivity index (χ4v) is 3.26. The number of urea groups is 1. The molecule has 0 saturated carbocycles. The zero-order chi connectivity index (χ0) is 17.6. The molecule has 1 aromatic rings. The van der Waals surface area contributed by atoms with Gasteiger partial charge in [-0.15, -0.1) is 0 Å². The number of benzene rings is 1. The quantitative estimate of drug-likeness (QED) is 0.842. The van der Waals surface area contributed by atoms with Crippen molar-refractivity contribution in [1.82, 2.24) is 15.5 Å². The molecule has 2 fully saturated rings. The highest BCUT2D eigenvalue weighted by Gasteiger charge is 2.24. The summed E-state index contributed by atoms with van der Waals surface area (Å²) in [4.78, 5) is 27.7. The Hall–Kier alpha value is -2.75. The molecule has 0 unspecified atom stereocenters. The molecule has 25 heavy (non-hydrogen) atoms. The summed E-state index contributed by atoms with van der Waals surface area (Å²) in [5, 5.41) is 14.7. The molecule has 2 saturated heterocycles. The molecular weight excluding hydrogens is 318 g/mol. The first kappa shape index (κ1) is 17.1. The van der Waals surface area contributed by atoms with E-state index >= 15 is 0 Å². The van der Waals surface area contributed by atoms with Crippen LogP contribution in [-0.4, -0.2) is 55.6 Å². The Kier molecular flexibility index (Phi) is 5.39. The monoisotopic (exact) mass is 341 g/mol. The molecular formula is C18H23N5O2. The highest BCUT2D eigenvalue weighted by molar-refractivity contribution is 5.79. The summed E-state index contributed by atoms with van der Waals surface area (Å²) in [5.74, 6) is 0.00558. The van der Waals surface area contributed by atoms with E-state index in [4.69, 9.17) is 5.26 Å². The SMILES string of the molecule is N#Cc1ccc(N2CCC(NC(=O)N3CCNC(=O)CC3)CC2)cc1. The summed E-state index contributed by atoms with van der Waals surface area (Å²) >= 11 is 0. The number of hydrogen-bond acceptors (Lipinski definition) is 4. The summed E-state index contributed by atoms with van der Waals surface area (Å²) in [7, 11) is 0. The zero-order valence-electron chi connectivity index (χ0n) is 14.2. The molecule has 2 heterocycles. The van der Waals surface area contributed by atoms with Gasteiger partial charge in [-0.25, -0.2) is 4.79 Å². The second-order valence-corrected chi connectivity index (χ2v) is 6.46. The van der Waals surface area contributed by atoms with Gasteiger partial charge in [0, 0.05) is 50.9 Å². The molecule has 0 aromatic heterocycles. The fourth-order valence-electron chi connectivity index (χ4n) is 3.26. The number of carbonyl (C=O) groups is 2. The van der Waals surface area contributed by atoms with E-state index in [9.17, 15) is 9.59 Å². The van der Waals surface area contributed by atoms with Crippen LogP contribution in [0.5, 0.6) is 0 Å². The molecule has 2 N–H and O–H groups in total. The first-order chi connectivity index (χ1) is 12.2. The van der Waals surface area contributed by atoms with E-state index in [2.05, 4.69) is 21.6 Å². The number of nitrogens with one attached hydrogen (secondary N) is 2. The van der Waals surface area contributed by atoms with Gasteiger partial charge in [-0.05, 0) is 37.1 Å². The molecule has 7 heteroatoms. The minimum absolute atomic E-state index is 0.00558. The largest absolute Gasteiger partial charge is 0.371 e. The van der Waals surface area contributed by atoms with Crippen molar-refractivity contribution in [2.75, 3.05) is 37.6 Å². The van der Waals surface area contributed by atoms with Gasteiger partial charge in [0.25, 0.3) is 0 Å². The lowest BCUT2D eigenvalue weighted by Crippen LogP contribution is -2.50. The normalized spacial score (nSPS) is 18.9. The van der Waals surface area contributed by atoms with Gasteiger partial charge in [0.15, 0.2) is 0 Å². The molecule has 132 valence electrons. The van der Waals surface area contributed by atoms with Crippen LogP contribution in [0.15, 0.2) is 24.3 Å². The number of nitriles is 1. The smallest absolute Gasteiger partial charge is 0.317 e. The van der Waals surface area contributed by atoms with E-state index in [-0.39, 0.29) is 18.0 Å². The van der Waals surface area contributed by atoms with Crippen LogP contribution >= 0.6 is 0 Å². The predicted molar refractivity (Wildman–Crippen MR) is 94.1 cm³/mol. The van der Waals surface area contributed by atoms with Crippen molar-refractivity contribution in [2.45, 2.75) is 25.3 Å². The number of anilines is 1. The molecule has 3 amide bonds. The van der Waals surface area contributed by atoms with Crippen LogP contribution in [0.4, 0.5) is 10.5 Å². The maximum atomic E-state index is 12.4. The molecule has 0 bridgehead atoms. The number of nitrogens with zero attached hydrogens (tertiary/aromatic N) is 3. The van der Waals surface area contributed by atoms with Gasteiger partial charge in [-0.3, -0.25) is 4.79 Å². The van der Waals surface area contributed by atoms with E-state index in [0.29, 0.717) is 31.6 Å². The van der Waals surface area contributed by atoms with Crippen LogP contribution < -0.4 is 15.5 Å². The van der Waals surface area contributed by atoms with E-state index in [1.54, 1.807) is 4.90 Å². The summed E-state index contributed by atoms with van der Waals surface area (Å²) in [6, 6.07) is 9.82. The van der Waals surface area contributed by atoms with Crippen LogP contribution in [0.3, 0.4) is 0 Å². The van der Waals surface area contributed by atoms with Crippen molar-refractivity contribution in [3.63, 3.8) is 0 Å². The van der Waals surface area contributed by atoms with Crippen LogP contribution in [0.25, 0.3) is 0 Å². The summed E-state index contributed by atoms with van der Waals surface area (Å²) < 4.78 is 0. The van der Waals surface area contributed by atoms with Gasteiger partial charge in [-0.2, -0.15) is 5.26 Å². The summed E-state index contributed by atoms with van der Waals surface area (Å²) in [6.45, 7) is 3.29. The predicted octanol–water partition coefficient (Wildman–Crippen LogP) is 1.06. The van der Waals surface area contributed by atoms with Crippen LogP contribution in [0.1, 0.15) is 24.8 Å². The van der Waals surface area contributed by atoms with Gasteiger partial charge in [0.2, 0.25) is 5.91 Å². The molecule has 0 aliphatic carbocycles. The maximum Gasteiger partial charge on any atom is 0.317 e. The Bertz CT molecular complexity index is 659. The maximum absolute atomic E-state index is 12.4. The first-order valence-corrected chi connectivity index (χ1v) is 8.73. The molecule has 7 nitrogen and oxygen atoms in total. The summed E-state index contributed by atoms with van der Waals surface area (Å²) in [5.41, 5.74) is 1.78. The second kappa shape index (κ2) is 7.88. The minimum Gasteiger partial charge on any atom is -0.371 e.